The first-order chi connectivity index (χ1) is 7.04. The van der Waals surface area contributed by atoms with Crippen LogP contribution in [-0.2, 0) is 0 Å². The number of hydrogen-bond acceptors (Lipinski definition) is 4. The Bertz CT molecular complexity index is 331. The minimum atomic E-state index is -0.722. The molecule has 1 unspecified atom stereocenters. The van der Waals surface area contributed by atoms with Crippen LogP contribution in [0.5, 0.6) is 11.5 Å². The van der Waals surface area contributed by atoms with Gasteiger partial charge in [0.2, 0.25) is 0 Å². The molecule has 4 N–H and O–H groups in total. The van der Waals surface area contributed by atoms with E-state index >= 15 is 0 Å². The van der Waals surface area contributed by atoms with Gasteiger partial charge in [-0.2, -0.15) is 0 Å². The van der Waals surface area contributed by atoms with Gasteiger partial charge in [-0.3, -0.25) is 0 Å². The van der Waals surface area contributed by atoms with Crippen molar-refractivity contribution in [2.75, 3.05) is 6.54 Å². The molecule has 1 aromatic rings. The van der Waals surface area contributed by atoms with E-state index in [4.69, 9.17) is 10.5 Å². The molecule has 0 amide bonds. The molecule has 0 aliphatic rings. The van der Waals surface area contributed by atoms with Crippen LogP contribution in [-0.4, -0.2) is 22.9 Å². The third-order valence-corrected chi connectivity index (χ3v) is 1.95. The van der Waals surface area contributed by atoms with Crippen molar-refractivity contribution >= 4 is 12.4 Å². The zero-order chi connectivity index (χ0) is 11.4. The van der Waals surface area contributed by atoms with Gasteiger partial charge in [-0.25, -0.2) is 0 Å². The first-order valence-electron chi connectivity index (χ1n) is 4.92. The van der Waals surface area contributed by atoms with Crippen molar-refractivity contribution in [2.24, 2.45) is 5.73 Å². The van der Waals surface area contributed by atoms with Crippen molar-refractivity contribution in [2.45, 2.75) is 26.1 Å². The van der Waals surface area contributed by atoms with Crippen molar-refractivity contribution in [3.8, 4) is 11.5 Å². The maximum atomic E-state index is 9.52. The zero-order valence-electron chi connectivity index (χ0n) is 9.38. The number of benzene rings is 1. The van der Waals surface area contributed by atoms with Gasteiger partial charge in [0.1, 0.15) is 0 Å². The number of aromatic hydroxyl groups is 1. The molecule has 0 spiro atoms. The van der Waals surface area contributed by atoms with Gasteiger partial charge in [-0.05, 0) is 31.5 Å². The minimum Gasteiger partial charge on any atom is -0.504 e. The number of phenolic OH excluding ortho intramolecular Hbond substituents is 1. The average molecular weight is 248 g/mol. The Balaban J connectivity index is 0.00000225. The summed E-state index contributed by atoms with van der Waals surface area (Å²) in [7, 11) is 0. The van der Waals surface area contributed by atoms with Crippen LogP contribution < -0.4 is 10.5 Å². The number of nitrogens with two attached hydrogens (primary N) is 1. The third kappa shape index (κ3) is 3.89. The molecule has 1 aromatic carbocycles. The van der Waals surface area contributed by atoms with E-state index < -0.39 is 6.10 Å². The van der Waals surface area contributed by atoms with Crippen LogP contribution >= 0.6 is 12.4 Å². The fourth-order valence-electron chi connectivity index (χ4n) is 1.22. The lowest BCUT2D eigenvalue weighted by molar-refractivity contribution is 0.184. The van der Waals surface area contributed by atoms with E-state index in [0.717, 1.165) is 0 Å². The average Bonchev–Trinajstić information content (AvgIpc) is 2.19. The highest BCUT2D eigenvalue weighted by molar-refractivity contribution is 5.85. The van der Waals surface area contributed by atoms with Crippen molar-refractivity contribution in [1.82, 2.24) is 0 Å². The van der Waals surface area contributed by atoms with Crippen LogP contribution in [0.1, 0.15) is 25.5 Å². The molecule has 0 bridgehead atoms. The lowest BCUT2D eigenvalue weighted by atomic mass is 10.1. The molecule has 0 aliphatic carbocycles. The smallest absolute Gasteiger partial charge is 0.161 e. The maximum Gasteiger partial charge on any atom is 0.161 e. The van der Waals surface area contributed by atoms with Crippen molar-refractivity contribution in [3.63, 3.8) is 0 Å². The second kappa shape index (κ2) is 6.58. The van der Waals surface area contributed by atoms with Crippen molar-refractivity contribution in [3.05, 3.63) is 23.8 Å². The number of rotatable bonds is 4. The van der Waals surface area contributed by atoms with E-state index in [9.17, 15) is 10.2 Å². The Morgan fingerprint density at radius 1 is 1.38 bits per heavy atom. The second-order valence-electron chi connectivity index (χ2n) is 3.65. The number of phenols is 1. The molecule has 0 aliphatic heterocycles. The molecule has 5 heteroatoms. The molecule has 4 nitrogen and oxygen atoms in total. The predicted octanol–water partition coefficient (Wildman–Crippen LogP) is 1.59. The summed E-state index contributed by atoms with van der Waals surface area (Å²) in [6.45, 7) is 3.88. The zero-order valence-corrected chi connectivity index (χ0v) is 10.2. The topological polar surface area (TPSA) is 75.7 Å². The molecule has 0 aromatic heterocycles. The van der Waals surface area contributed by atoms with Crippen LogP contribution in [0.3, 0.4) is 0 Å². The minimum absolute atomic E-state index is 0. The number of hydrogen-bond donors (Lipinski definition) is 3. The van der Waals surface area contributed by atoms with Gasteiger partial charge < -0.3 is 20.7 Å². The SMILES string of the molecule is CC(C)Oc1cc(C(O)CN)ccc1O.Cl. The maximum absolute atomic E-state index is 9.52. The molecule has 92 valence electrons. The Labute approximate surface area is 101 Å². The highest BCUT2D eigenvalue weighted by Gasteiger charge is 2.10. The Kier molecular flexibility index (Phi) is 6.18. The van der Waals surface area contributed by atoms with Crippen molar-refractivity contribution in [1.29, 1.82) is 0 Å². The Morgan fingerprint density at radius 3 is 2.50 bits per heavy atom. The molecule has 1 rings (SSSR count). The molecule has 0 saturated carbocycles. The number of ether oxygens (including phenoxy) is 1. The van der Waals surface area contributed by atoms with Gasteiger partial charge in [0.25, 0.3) is 0 Å². The van der Waals surface area contributed by atoms with E-state index in [-0.39, 0.29) is 30.8 Å². The second-order valence-corrected chi connectivity index (χ2v) is 3.65. The largest absolute Gasteiger partial charge is 0.504 e. The fourth-order valence-corrected chi connectivity index (χ4v) is 1.22. The normalized spacial score (nSPS) is 12.1. The molecule has 1 atom stereocenters. The van der Waals surface area contributed by atoms with Gasteiger partial charge in [-0.15, -0.1) is 12.4 Å². The number of halogens is 1. The van der Waals surface area contributed by atoms with Gasteiger partial charge in [0.15, 0.2) is 11.5 Å². The summed E-state index contributed by atoms with van der Waals surface area (Å²) in [5.41, 5.74) is 5.98. The van der Waals surface area contributed by atoms with Gasteiger partial charge >= 0.3 is 0 Å². The van der Waals surface area contributed by atoms with E-state index in [1.807, 2.05) is 13.8 Å². The fraction of sp³-hybridized carbons (Fsp3) is 0.455. The monoisotopic (exact) mass is 247 g/mol. The van der Waals surface area contributed by atoms with Crippen LogP contribution in [0.4, 0.5) is 0 Å². The number of aliphatic hydroxyl groups excluding tert-OH is 1. The van der Waals surface area contributed by atoms with Crippen LogP contribution in [0.15, 0.2) is 18.2 Å². The van der Waals surface area contributed by atoms with Crippen LogP contribution in [0.25, 0.3) is 0 Å². The molecule has 0 heterocycles. The van der Waals surface area contributed by atoms with Gasteiger partial charge in [0, 0.05) is 6.54 Å². The summed E-state index contributed by atoms with van der Waals surface area (Å²) >= 11 is 0. The molecule has 16 heavy (non-hydrogen) atoms. The van der Waals surface area contributed by atoms with Gasteiger partial charge in [-0.1, -0.05) is 6.07 Å². The highest BCUT2D eigenvalue weighted by atomic mass is 35.5. The van der Waals surface area contributed by atoms with Crippen molar-refractivity contribution < 1.29 is 14.9 Å². The van der Waals surface area contributed by atoms with E-state index in [1.165, 1.54) is 6.07 Å². The summed E-state index contributed by atoms with van der Waals surface area (Å²) < 4.78 is 5.38. The van der Waals surface area contributed by atoms with Crippen LogP contribution in [0.2, 0.25) is 0 Å². The third-order valence-electron chi connectivity index (χ3n) is 1.95. The predicted molar refractivity (Wildman–Crippen MR) is 65.1 cm³/mol. The molecular formula is C11H18ClNO3. The summed E-state index contributed by atoms with van der Waals surface area (Å²) in [5, 5.41) is 19.0. The first-order valence-corrected chi connectivity index (χ1v) is 4.92. The summed E-state index contributed by atoms with van der Waals surface area (Å²) in [6.07, 6.45) is -0.749. The summed E-state index contributed by atoms with van der Waals surface area (Å²) in [6, 6.07) is 4.72. The summed E-state index contributed by atoms with van der Waals surface area (Å²) in [5.74, 6) is 0.437. The number of aliphatic hydroxyl groups is 1. The summed E-state index contributed by atoms with van der Waals surface area (Å²) in [4.78, 5) is 0. The molecular weight excluding hydrogens is 230 g/mol. The quantitative estimate of drug-likeness (QED) is 0.755. The van der Waals surface area contributed by atoms with E-state index in [1.54, 1.807) is 12.1 Å². The van der Waals surface area contributed by atoms with E-state index in [2.05, 4.69) is 0 Å². The Morgan fingerprint density at radius 2 is 2.00 bits per heavy atom. The standard InChI is InChI=1S/C11H17NO3.ClH/c1-7(2)15-11-5-8(10(14)6-12)3-4-9(11)13;/h3-5,7,10,13-14H,6,12H2,1-2H3;1H. The van der Waals surface area contributed by atoms with Crippen LogP contribution in [0, 0.1) is 0 Å². The lowest BCUT2D eigenvalue weighted by Gasteiger charge is -2.14. The highest BCUT2D eigenvalue weighted by Crippen LogP contribution is 2.29. The lowest BCUT2D eigenvalue weighted by Crippen LogP contribution is -2.12. The molecule has 0 radical (unpaired) electrons. The van der Waals surface area contributed by atoms with E-state index in [0.29, 0.717) is 11.3 Å². The molecule has 0 fully saturated rings. The first kappa shape index (κ1) is 15.0. The van der Waals surface area contributed by atoms with Gasteiger partial charge in [0.05, 0.1) is 12.2 Å². The molecule has 0 saturated heterocycles. The Hall–Kier alpha value is -0.970.